The first-order valence-electron chi connectivity index (χ1n) is 7.70. The number of benzene rings is 1. The van der Waals surface area contributed by atoms with Crippen LogP contribution in [-0.2, 0) is 4.79 Å². The minimum absolute atomic E-state index is 0.0662. The normalized spacial score (nSPS) is 18.5. The van der Waals surface area contributed by atoms with Crippen molar-refractivity contribution in [2.75, 3.05) is 7.11 Å². The maximum absolute atomic E-state index is 12.1. The molecule has 1 aliphatic rings. The quantitative estimate of drug-likeness (QED) is 0.850. The van der Waals surface area contributed by atoms with Gasteiger partial charge in [-0.3, -0.25) is 4.79 Å². The Balaban J connectivity index is 1.70. The van der Waals surface area contributed by atoms with Crippen molar-refractivity contribution in [3.05, 3.63) is 42.2 Å². The van der Waals surface area contributed by atoms with E-state index in [1.54, 1.807) is 7.11 Å². The van der Waals surface area contributed by atoms with Crippen LogP contribution in [0, 0.1) is 5.92 Å². The minimum Gasteiger partial charge on any atom is -0.493 e. The van der Waals surface area contributed by atoms with Gasteiger partial charge in [0.15, 0.2) is 11.3 Å². The molecule has 0 spiro atoms. The first-order valence-corrected chi connectivity index (χ1v) is 7.70. The lowest BCUT2D eigenvalue weighted by Gasteiger charge is -2.13. The number of nitrogens with one attached hydrogen (secondary N) is 1. The smallest absolute Gasteiger partial charge is 0.221 e. The van der Waals surface area contributed by atoms with E-state index in [1.807, 2.05) is 31.2 Å². The topological polar surface area (TPSA) is 51.5 Å². The van der Waals surface area contributed by atoms with E-state index in [4.69, 9.17) is 9.15 Å². The summed E-state index contributed by atoms with van der Waals surface area (Å²) in [6, 6.07) is 7.57. The van der Waals surface area contributed by atoms with E-state index in [0.717, 1.165) is 29.6 Å². The number of para-hydroxylation sites is 1. The fraction of sp³-hybridized carbons (Fsp3) is 0.389. The Kier molecular flexibility index (Phi) is 4.18. The van der Waals surface area contributed by atoms with Gasteiger partial charge in [0.1, 0.15) is 5.76 Å². The molecule has 0 saturated carbocycles. The number of rotatable bonds is 5. The Labute approximate surface area is 130 Å². The molecule has 2 atom stereocenters. The average molecular weight is 299 g/mol. The van der Waals surface area contributed by atoms with Crippen molar-refractivity contribution in [1.82, 2.24) is 5.32 Å². The first-order chi connectivity index (χ1) is 10.7. The standard InChI is InChI=1S/C18H21NO3/c1-12(19-17(20)10-13-6-3-4-7-13)16-11-14-8-5-9-15(21-2)18(14)22-16/h3,5-6,8-9,11-13H,4,7,10H2,1-2H3,(H,19,20)/t12-,13+/m1/s1. The number of fused-ring (bicyclic) bond motifs is 1. The van der Waals surface area contributed by atoms with Crippen molar-refractivity contribution in [2.24, 2.45) is 5.92 Å². The van der Waals surface area contributed by atoms with Gasteiger partial charge in [0, 0.05) is 11.8 Å². The molecule has 1 aliphatic carbocycles. The Morgan fingerprint density at radius 1 is 1.50 bits per heavy atom. The second kappa shape index (κ2) is 6.26. The Bertz CT molecular complexity index is 701. The third-order valence-corrected chi connectivity index (χ3v) is 4.11. The Hall–Kier alpha value is -2.23. The summed E-state index contributed by atoms with van der Waals surface area (Å²) in [5.41, 5.74) is 0.722. The highest BCUT2D eigenvalue weighted by Gasteiger charge is 2.18. The number of allylic oxidation sites excluding steroid dienone is 2. The first kappa shape index (κ1) is 14.7. The third-order valence-electron chi connectivity index (χ3n) is 4.11. The van der Waals surface area contributed by atoms with Crippen LogP contribution in [0.1, 0.15) is 38.0 Å². The monoisotopic (exact) mass is 299 g/mol. The lowest BCUT2D eigenvalue weighted by atomic mass is 10.0. The number of furan rings is 1. The molecule has 4 heteroatoms. The minimum atomic E-state index is -0.157. The van der Waals surface area contributed by atoms with E-state index in [9.17, 15) is 4.79 Å². The Morgan fingerprint density at radius 2 is 2.36 bits per heavy atom. The van der Waals surface area contributed by atoms with E-state index in [0.29, 0.717) is 18.1 Å². The van der Waals surface area contributed by atoms with E-state index in [-0.39, 0.29) is 11.9 Å². The van der Waals surface area contributed by atoms with E-state index in [2.05, 4.69) is 17.5 Å². The van der Waals surface area contributed by atoms with Crippen molar-refractivity contribution in [1.29, 1.82) is 0 Å². The number of hydrogen-bond donors (Lipinski definition) is 1. The second-order valence-corrected chi connectivity index (χ2v) is 5.79. The summed E-state index contributed by atoms with van der Waals surface area (Å²) in [5, 5.41) is 3.99. The molecule has 0 bridgehead atoms. The van der Waals surface area contributed by atoms with Gasteiger partial charge in [-0.05, 0) is 37.8 Å². The molecule has 1 amide bonds. The molecule has 22 heavy (non-hydrogen) atoms. The maximum Gasteiger partial charge on any atom is 0.221 e. The fourth-order valence-corrected chi connectivity index (χ4v) is 2.91. The molecule has 0 fully saturated rings. The van der Waals surface area contributed by atoms with Crippen molar-refractivity contribution < 1.29 is 13.9 Å². The van der Waals surface area contributed by atoms with Gasteiger partial charge in [-0.25, -0.2) is 0 Å². The summed E-state index contributed by atoms with van der Waals surface area (Å²) >= 11 is 0. The predicted octanol–water partition coefficient (Wildman–Crippen LogP) is 3.97. The van der Waals surface area contributed by atoms with Gasteiger partial charge < -0.3 is 14.5 Å². The van der Waals surface area contributed by atoms with Gasteiger partial charge in [0.25, 0.3) is 0 Å². The van der Waals surface area contributed by atoms with Gasteiger partial charge in [0.05, 0.1) is 13.2 Å². The van der Waals surface area contributed by atoms with Crippen LogP contribution in [0.4, 0.5) is 0 Å². The number of amides is 1. The van der Waals surface area contributed by atoms with Crippen LogP contribution in [0.25, 0.3) is 11.0 Å². The summed E-state index contributed by atoms with van der Waals surface area (Å²) in [6.07, 6.45) is 6.98. The highest BCUT2D eigenvalue weighted by atomic mass is 16.5. The number of carbonyl (C=O) groups is 1. The highest BCUT2D eigenvalue weighted by Crippen LogP contribution is 2.31. The zero-order valence-corrected chi connectivity index (χ0v) is 13.0. The van der Waals surface area contributed by atoms with E-state index >= 15 is 0 Å². The number of methoxy groups -OCH3 is 1. The molecule has 4 nitrogen and oxygen atoms in total. The zero-order chi connectivity index (χ0) is 15.5. The molecule has 0 saturated heterocycles. The van der Waals surface area contributed by atoms with Gasteiger partial charge in [-0.15, -0.1) is 0 Å². The molecular weight excluding hydrogens is 278 g/mol. The lowest BCUT2D eigenvalue weighted by Crippen LogP contribution is -2.27. The van der Waals surface area contributed by atoms with Crippen LogP contribution in [-0.4, -0.2) is 13.0 Å². The molecule has 0 aliphatic heterocycles. The zero-order valence-electron chi connectivity index (χ0n) is 13.0. The van der Waals surface area contributed by atoms with Crippen LogP contribution < -0.4 is 10.1 Å². The van der Waals surface area contributed by atoms with Crippen molar-refractivity contribution in [3.8, 4) is 5.75 Å². The molecule has 2 aromatic rings. The molecule has 3 rings (SSSR count). The van der Waals surface area contributed by atoms with Crippen molar-refractivity contribution in [3.63, 3.8) is 0 Å². The summed E-state index contributed by atoms with van der Waals surface area (Å²) < 4.78 is 11.2. The lowest BCUT2D eigenvalue weighted by molar-refractivity contribution is -0.122. The van der Waals surface area contributed by atoms with Gasteiger partial charge in [-0.1, -0.05) is 24.3 Å². The summed E-state index contributed by atoms with van der Waals surface area (Å²) in [6.45, 7) is 1.94. The van der Waals surface area contributed by atoms with Crippen LogP contribution in [0.2, 0.25) is 0 Å². The SMILES string of the molecule is COc1cccc2cc([C@@H](C)NC(=O)C[C@H]3C=CCC3)oc12. The van der Waals surface area contributed by atoms with Crippen LogP contribution in [0.5, 0.6) is 5.75 Å². The van der Waals surface area contributed by atoms with Gasteiger partial charge >= 0.3 is 0 Å². The third kappa shape index (κ3) is 3.01. The Morgan fingerprint density at radius 3 is 3.09 bits per heavy atom. The number of carbonyl (C=O) groups excluding carboxylic acids is 1. The second-order valence-electron chi connectivity index (χ2n) is 5.79. The molecular formula is C18H21NO3. The van der Waals surface area contributed by atoms with Crippen LogP contribution in [0.3, 0.4) is 0 Å². The molecule has 116 valence electrons. The van der Waals surface area contributed by atoms with Crippen molar-refractivity contribution >= 4 is 16.9 Å². The highest BCUT2D eigenvalue weighted by molar-refractivity contribution is 5.84. The number of hydrogen-bond acceptors (Lipinski definition) is 3. The molecule has 0 radical (unpaired) electrons. The van der Waals surface area contributed by atoms with Crippen LogP contribution >= 0.6 is 0 Å². The van der Waals surface area contributed by atoms with Gasteiger partial charge in [0.2, 0.25) is 5.91 Å². The fourth-order valence-electron chi connectivity index (χ4n) is 2.91. The molecule has 1 aromatic heterocycles. The van der Waals surface area contributed by atoms with E-state index < -0.39 is 0 Å². The molecule has 1 aromatic carbocycles. The maximum atomic E-state index is 12.1. The van der Waals surface area contributed by atoms with E-state index in [1.165, 1.54) is 0 Å². The van der Waals surface area contributed by atoms with Crippen LogP contribution in [0.15, 0.2) is 40.8 Å². The molecule has 1 heterocycles. The average Bonchev–Trinajstić information content (AvgIpc) is 3.15. The summed E-state index contributed by atoms with van der Waals surface area (Å²) in [7, 11) is 1.62. The summed E-state index contributed by atoms with van der Waals surface area (Å²) in [4.78, 5) is 12.1. The molecule has 1 N–H and O–H groups in total. The summed E-state index contributed by atoms with van der Waals surface area (Å²) in [5.74, 6) is 1.90. The van der Waals surface area contributed by atoms with Crippen molar-refractivity contribution in [2.45, 2.75) is 32.2 Å². The predicted molar refractivity (Wildman–Crippen MR) is 85.8 cm³/mol. The number of ether oxygens (including phenoxy) is 1. The van der Waals surface area contributed by atoms with Gasteiger partial charge in [-0.2, -0.15) is 0 Å². The molecule has 0 unspecified atom stereocenters. The largest absolute Gasteiger partial charge is 0.493 e.